The smallest absolute Gasteiger partial charge is 0.133 e. The average Bonchev–Trinajstić information content (AvgIpc) is 2.30. The van der Waals surface area contributed by atoms with Crippen LogP contribution < -0.4 is 0 Å². The van der Waals surface area contributed by atoms with Crippen LogP contribution in [-0.4, -0.2) is 5.11 Å². The fourth-order valence-electron chi connectivity index (χ4n) is 5.29. The van der Waals surface area contributed by atoms with E-state index >= 15 is 0 Å². The van der Waals surface area contributed by atoms with Crippen molar-refractivity contribution in [3.63, 3.8) is 0 Å². The van der Waals surface area contributed by atoms with Crippen molar-refractivity contribution in [2.75, 3.05) is 0 Å². The zero-order chi connectivity index (χ0) is 13.1. The fraction of sp³-hybridized carbons (Fsp3) is 0.625. The lowest BCUT2D eigenvalue weighted by Gasteiger charge is -2.54. The van der Waals surface area contributed by atoms with Crippen LogP contribution >= 0.6 is 0 Å². The summed E-state index contributed by atoms with van der Waals surface area (Å²) < 4.78 is 28.2. The summed E-state index contributed by atoms with van der Waals surface area (Å²) in [7, 11) is 0. The summed E-state index contributed by atoms with van der Waals surface area (Å²) in [5, 5.41) is 9.29. The van der Waals surface area contributed by atoms with Crippen molar-refractivity contribution in [1.29, 1.82) is 0 Å². The van der Waals surface area contributed by atoms with Crippen molar-refractivity contribution in [3.8, 4) is 5.75 Å². The molecule has 0 atom stereocenters. The maximum atomic E-state index is 14.1. The Morgan fingerprint density at radius 1 is 0.842 bits per heavy atom. The predicted octanol–water partition coefficient (Wildman–Crippen LogP) is 4.21. The zero-order valence-corrected chi connectivity index (χ0v) is 10.8. The Balaban J connectivity index is 1.77. The van der Waals surface area contributed by atoms with Crippen molar-refractivity contribution in [2.24, 2.45) is 23.7 Å². The number of phenols is 1. The van der Waals surface area contributed by atoms with Crippen LogP contribution in [0.25, 0.3) is 0 Å². The van der Waals surface area contributed by atoms with Crippen LogP contribution in [0.4, 0.5) is 8.78 Å². The quantitative estimate of drug-likeness (QED) is 0.805. The van der Waals surface area contributed by atoms with Crippen LogP contribution in [0, 0.1) is 35.3 Å². The molecule has 0 amide bonds. The number of rotatable bonds is 1. The van der Waals surface area contributed by atoms with Gasteiger partial charge >= 0.3 is 0 Å². The molecule has 4 bridgehead atoms. The first-order valence-electron chi connectivity index (χ1n) is 7.29. The monoisotopic (exact) mass is 264 g/mol. The van der Waals surface area contributed by atoms with E-state index in [1.54, 1.807) is 0 Å². The van der Waals surface area contributed by atoms with E-state index in [4.69, 9.17) is 0 Å². The molecule has 0 aliphatic heterocycles. The largest absolute Gasteiger partial charge is 0.508 e. The minimum Gasteiger partial charge on any atom is -0.508 e. The molecule has 0 heterocycles. The first-order valence-corrected chi connectivity index (χ1v) is 7.29. The lowest BCUT2D eigenvalue weighted by molar-refractivity contribution is -0.00510. The number of phenolic OH excluding ortho intramolecular Hbond substituents is 1. The van der Waals surface area contributed by atoms with E-state index in [1.807, 2.05) is 0 Å². The molecule has 4 fully saturated rings. The second kappa shape index (κ2) is 3.94. The number of benzene rings is 1. The van der Waals surface area contributed by atoms with E-state index in [0.717, 1.165) is 49.7 Å². The van der Waals surface area contributed by atoms with Crippen LogP contribution in [0.15, 0.2) is 12.1 Å². The van der Waals surface area contributed by atoms with Crippen LogP contribution in [0.5, 0.6) is 5.75 Å². The maximum absolute atomic E-state index is 14.1. The molecule has 19 heavy (non-hydrogen) atoms. The molecule has 0 radical (unpaired) electrons. The highest BCUT2D eigenvalue weighted by molar-refractivity contribution is 5.33. The molecule has 102 valence electrons. The molecular formula is C16H18F2O. The van der Waals surface area contributed by atoms with Gasteiger partial charge in [-0.2, -0.15) is 0 Å². The lowest BCUT2D eigenvalue weighted by Crippen LogP contribution is -2.44. The molecule has 5 rings (SSSR count). The third-order valence-corrected chi connectivity index (χ3v) is 5.62. The molecule has 0 aromatic heterocycles. The maximum Gasteiger partial charge on any atom is 0.133 e. The van der Waals surface area contributed by atoms with Crippen LogP contribution in [-0.2, 0) is 0 Å². The normalized spacial score (nSPS) is 39.8. The van der Waals surface area contributed by atoms with E-state index in [2.05, 4.69) is 0 Å². The minimum absolute atomic E-state index is 0.0356. The number of hydrogen-bond acceptors (Lipinski definition) is 1. The van der Waals surface area contributed by atoms with E-state index in [1.165, 1.54) is 6.42 Å². The molecule has 4 aliphatic carbocycles. The van der Waals surface area contributed by atoms with E-state index < -0.39 is 11.6 Å². The number of aromatic hydroxyl groups is 1. The molecule has 1 N–H and O–H groups in total. The van der Waals surface area contributed by atoms with Gasteiger partial charge in [0.1, 0.15) is 17.4 Å². The van der Waals surface area contributed by atoms with Gasteiger partial charge in [0.05, 0.1) is 0 Å². The molecular weight excluding hydrogens is 246 g/mol. The van der Waals surface area contributed by atoms with Gasteiger partial charge in [0, 0.05) is 17.7 Å². The third-order valence-electron chi connectivity index (χ3n) is 5.62. The molecule has 1 aromatic rings. The summed E-state index contributed by atoms with van der Waals surface area (Å²) >= 11 is 0. The Morgan fingerprint density at radius 2 is 1.32 bits per heavy atom. The van der Waals surface area contributed by atoms with E-state index in [-0.39, 0.29) is 17.2 Å². The van der Waals surface area contributed by atoms with Gasteiger partial charge in [-0.3, -0.25) is 0 Å². The van der Waals surface area contributed by atoms with Gasteiger partial charge in [0.2, 0.25) is 0 Å². The summed E-state index contributed by atoms with van der Waals surface area (Å²) in [4.78, 5) is 0. The Kier molecular flexibility index (Phi) is 2.42. The van der Waals surface area contributed by atoms with Crippen molar-refractivity contribution in [3.05, 3.63) is 29.3 Å². The highest BCUT2D eigenvalue weighted by Gasteiger charge is 2.49. The van der Waals surface area contributed by atoms with Gasteiger partial charge in [0.15, 0.2) is 0 Å². The molecule has 1 aromatic carbocycles. The van der Waals surface area contributed by atoms with Crippen LogP contribution in [0.1, 0.15) is 43.6 Å². The average molecular weight is 264 g/mol. The van der Waals surface area contributed by atoms with E-state index in [9.17, 15) is 13.9 Å². The third kappa shape index (κ3) is 1.70. The summed E-state index contributed by atoms with van der Waals surface area (Å²) in [6.45, 7) is 0. The number of halogens is 2. The van der Waals surface area contributed by atoms with Gasteiger partial charge in [-0.05, 0) is 61.7 Å². The molecule has 0 spiro atoms. The summed E-state index contributed by atoms with van der Waals surface area (Å²) in [6, 6.07) is 2.12. The molecule has 1 nitrogen and oxygen atoms in total. The minimum atomic E-state index is -0.560. The highest BCUT2D eigenvalue weighted by Crippen LogP contribution is 2.60. The van der Waals surface area contributed by atoms with Crippen LogP contribution in [0.3, 0.4) is 0 Å². The first-order chi connectivity index (χ1) is 9.11. The van der Waals surface area contributed by atoms with Crippen molar-refractivity contribution in [1.82, 2.24) is 0 Å². The van der Waals surface area contributed by atoms with E-state index in [0.29, 0.717) is 11.8 Å². The summed E-state index contributed by atoms with van der Waals surface area (Å²) in [6.07, 6.45) is 5.88. The Hall–Kier alpha value is -1.12. The number of hydrogen-bond donors (Lipinski definition) is 1. The Bertz CT molecular complexity index is 474. The Labute approximate surface area is 111 Å². The summed E-state index contributed by atoms with van der Waals surface area (Å²) in [5.41, 5.74) is 0.242. The summed E-state index contributed by atoms with van der Waals surface area (Å²) in [5.74, 6) is 1.08. The van der Waals surface area contributed by atoms with Crippen molar-refractivity contribution >= 4 is 0 Å². The van der Waals surface area contributed by atoms with Gasteiger partial charge in [0.25, 0.3) is 0 Å². The van der Waals surface area contributed by atoms with Gasteiger partial charge < -0.3 is 5.11 Å². The predicted molar refractivity (Wildman–Crippen MR) is 67.8 cm³/mol. The lowest BCUT2D eigenvalue weighted by atomic mass is 9.50. The van der Waals surface area contributed by atoms with Crippen molar-refractivity contribution < 1.29 is 13.9 Å². The van der Waals surface area contributed by atoms with Gasteiger partial charge in [-0.1, -0.05) is 0 Å². The molecule has 0 unspecified atom stereocenters. The molecule has 4 saturated carbocycles. The Morgan fingerprint density at radius 3 is 1.79 bits per heavy atom. The standard InChI is InChI=1S/C16H18F2O/c17-13-6-12(19)7-14(18)16(13)15-10-2-8-1-9(4-10)5-11(15)3-8/h6-11,15,19H,1-5H2. The van der Waals surface area contributed by atoms with Crippen molar-refractivity contribution in [2.45, 2.75) is 38.0 Å². The van der Waals surface area contributed by atoms with Gasteiger partial charge in [-0.15, -0.1) is 0 Å². The molecule has 0 saturated heterocycles. The first kappa shape index (κ1) is 11.7. The van der Waals surface area contributed by atoms with Gasteiger partial charge in [-0.25, -0.2) is 8.78 Å². The van der Waals surface area contributed by atoms with Crippen LogP contribution in [0.2, 0.25) is 0 Å². The second-order valence-corrected chi connectivity index (χ2v) is 6.78. The topological polar surface area (TPSA) is 20.2 Å². The second-order valence-electron chi connectivity index (χ2n) is 6.78. The fourth-order valence-corrected chi connectivity index (χ4v) is 5.29. The SMILES string of the molecule is Oc1cc(F)c(C2C3CC4CC(C3)CC2C4)c(F)c1. The zero-order valence-electron chi connectivity index (χ0n) is 10.8. The molecule has 3 heteroatoms. The molecule has 4 aliphatic rings. The highest BCUT2D eigenvalue weighted by atomic mass is 19.1.